The van der Waals surface area contributed by atoms with Gasteiger partial charge >= 0.3 is 11.9 Å². The van der Waals surface area contributed by atoms with Gasteiger partial charge in [-0.05, 0) is 107 Å². The summed E-state index contributed by atoms with van der Waals surface area (Å²) in [5.41, 5.74) is -0.337. The van der Waals surface area contributed by atoms with Crippen LogP contribution in [0.1, 0.15) is 146 Å². The molecular weight excluding hydrogens is 500 g/mol. The van der Waals surface area contributed by atoms with Crippen LogP contribution in [0.3, 0.4) is 0 Å². The molecule has 0 amide bonds. The van der Waals surface area contributed by atoms with Crippen LogP contribution in [0.5, 0.6) is 0 Å². The summed E-state index contributed by atoms with van der Waals surface area (Å²) in [6.45, 7) is 24.6. The number of unbranched alkanes of at least 4 members (excludes halogenated alkanes) is 4. The van der Waals surface area contributed by atoms with Gasteiger partial charge in [-0.15, -0.1) is 0 Å². The number of esters is 2. The van der Waals surface area contributed by atoms with Crippen LogP contribution >= 0.6 is 0 Å². The minimum Gasteiger partial charge on any atom is -0.460 e. The second-order valence-corrected chi connectivity index (χ2v) is 15.5. The van der Waals surface area contributed by atoms with Crippen LogP contribution in [-0.2, 0) is 19.1 Å². The molecule has 40 heavy (non-hydrogen) atoms. The Morgan fingerprint density at radius 2 is 0.925 bits per heavy atom. The largest absolute Gasteiger partial charge is 0.460 e. The molecule has 0 spiro atoms. The first-order valence-corrected chi connectivity index (χ1v) is 16.5. The predicted molar refractivity (Wildman–Crippen MR) is 163 cm³/mol. The Balaban J connectivity index is 1.52. The van der Waals surface area contributed by atoms with Crippen LogP contribution in [0, 0.1) is 11.8 Å². The zero-order chi connectivity index (χ0) is 29.9. The molecule has 0 radical (unpaired) electrons. The Morgan fingerprint density at radius 1 is 0.600 bits per heavy atom. The van der Waals surface area contributed by atoms with E-state index in [0.717, 1.165) is 25.9 Å². The SMILES string of the molecule is CCCCCN1C(C)(C)CC(OC(=O)C2CCC(C(=O)OC3CC(C)(C)N(CCCCC)C3(C)C)CC2)C1(C)C. The van der Waals surface area contributed by atoms with E-state index in [9.17, 15) is 9.59 Å². The number of hydrogen-bond acceptors (Lipinski definition) is 6. The average Bonchev–Trinajstić information content (AvgIpc) is 3.15. The van der Waals surface area contributed by atoms with Crippen LogP contribution in [0.15, 0.2) is 0 Å². The Labute approximate surface area is 246 Å². The van der Waals surface area contributed by atoms with Gasteiger partial charge in [-0.3, -0.25) is 19.4 Å². The topological polar surface area (TPSA) is 59.1 Å². The quantitative estimate of drug-likeness (QED) is 0.181. The minimum absolute atomic E-state index is 0.0117. The van der Waals surface area contributed by atoms with E-state index < -0.39 is 0 Å². The highest BCUT2D eigenvalue weighted by Gasteiger charge is 2.54. The molecule has 1 aliphatic carbocycles. The maximum Gasteiger partial charge on any atom is 0.309 e. The van der Waals surface area contributed by atoms with E-state index in [-0.39, 0.29) is 58.1 Å². The second-order valence-electron chi connectivity index (χ2n) is 15.5. The third-order valence-electron chi connectivity index (χ3n) is 10.7. The number of carbonyl (C=O) groups excluding carboxylic acids is 2. The summed E-state index contributed by atoms with van der Waals surface area (Å²) in [5, 5.41) is 0. The maximum atomic E-state index is 13.3. The lowest BCUT2D eigenvalue weighted by molar-refractivity contribution is -0.164. The molecule has 0 N–H and O–H groups in total. The fraction of sp³-hybridized carbons (Fsp3) is 0.941. The fourth-order valence-corrected chi connectivity index (χ4v) is 8.17. The lowest BCUT2D eigenvalue weighted by atomic mass is 9.82. The van der Waals surface area contributed by atoms with E-state index in [4.69, 9.17) is 9.47 Å². The average molecular weight is 563 g/mol. The van der Waals surface area contributed by atoms with Crippen molar-refractivity contribution in [2.24, 2.45) is 11.8 Å². The predicted octanol–water partition coefficient (Wildman–Crippen LogP) is 7.52. The Kier molecular flexibility index (Phi) is 10.9. The van der Waals surface area contributed by atoms with Gasteiger partial charge in [0.2, 0.25) is 0 Å². The maximum absolute atomic E-state index is 13.3. The van der Waals surface area contributed by atoms with Gasteiger partial charge in [-0.2, -0.15) is 0 Å². The molecule has 3 fully saturated rings. The lowest BCUT2D eigenvalue weighted by Gasteiger charge is -2.41. The van der Waals surface area contributed by atoms with Crippen LogP contribution in [0.4, 0.5) is 0 Å². The highest BCUT2D eigenvalue weighted by molar-refractivity contribution is 5.75. The zero-order valence-electron chi connectivity index (χ0n) is 27.7. The summed E-state index contributed by atoms with van der Waals surface area (Å²) in [4.78, 5) is 31.7. The van der Waals surface area contributed by atoms with Crippen LogP contribution in [0.2, 0.25) is 0 Å². The fourth-order valence-electron chi connectivity index (χ4n) is 8.17. The molecule has 232 valence electrons. The Morgan fingerprint density at radius 3 is 1.23 bits per heavy atom. The van der Waals surface area contributed by atoms with Crippen molar-refractivity contribution in [3.8, 4) is 0 Å². The summed E-state index contributed by atoms with van der Waals surface area (Å²) < 4.78 is 12.5. The Hall–Kier alpha value is -1.14. The van der Waals surface area contributed by atoms with E-state index in [1.807, 2.05) is 0 Å². The molecule has 2 heterocycles. The summed E-state index contributed by atoms with van der Waals surface area (Å²) in [6.07, 6.45) is 11.6. The molecule has 2 saturated heterocycles. The molecule has 6 heteroatoms. The molecule has 2 aliphatic heterocycles. The van der Waals surface area contributed by atoms with Crippen molar-refractivity contribution < 1.29 is 19.1 Å². The van der Waals surface area contributed by atoms with E-state index in [1.165, 1.54) is 38.5 Å². The molecule has 3 rings (SSSR count). The van der Waals surface area contributed by atoms with E-state index in [1.54, 1.807) is 0 Å². The monoisotopic (exact) mass is 562 g/mol. The normalized spacial score (nSPS) is 31.2. The molecule has 2 unspecified atom stereocenters. The minimum atomic E-state index is -0.180. The molecule has 0 bridgehead atoms. The van der Waals surface area contributed by atoms with Gasteiger partial charge in [0.15, 0.2) is 0 Å². The number of carbonyl (C=O) groups is 2. The van der Waals surface area contributed by atoms with Gasteiger partial charge in [0.1, 0.15) is 12.2 Å². The lowest BCUT2D eigenvalue weighted by Crippen LogP contribution is -2.52. The number of rotatable bonds is 12. The molecular formula is C34H62N2O4. The first-order chi connectivity index (χ1) is 18.6. The first-order valence-electron chi connectivity index (χ1n) is 16.5. The third-order valence-corrected chi connectivity index (χ3v) is 10.7. The van der Waals surface area contributed by atoms with E-state index in [2.05, 4.69) is 79.0 Å². The smallest absolute Gasteiger partial charge is 0.309 e. The molecule has 3 aliphatic rings. The molecule has 2 atom stereocenters. The summed E-state index contributed by atoms with van der Waals surface area (Å²) in [7, 11) is 0. The molecule has 1 saturated carbocycles. The summed E-state index contributed by atoms with van der Waals surface area (Å²) in [5.74, 6) is -0.379. The standard InChI is InChI=1S/C34H62N2O4/c1-11-13-15-21-35-31(3,4)23-27(33(35,7)8)39-29(37)25-17-19-26(20-18-25)30(38)40-28-24-32(5,6)36(34(28,9)10)22-16-14-12-2/h25-28H,11-24H2,1-10H3. The molecule has 0 aromatic heterocycles. The van der Waals surface area contributed by atoms with Gasteiger partial charge in [0.05, 0.1) is 22.9 Å². The summed E-state index contributed by atoms with van der Waals surface area (Å²) in [6, 6.07) is 0. The van der Waals surface area contributed by atoms with Crippen LogP contribution in [0.25, 0.3) is 0 Å². The van der Waals surface area contributed by atoms with Gasteiger partial charge in [-0.1, -0.05) is 39.5 Å². The van der Waals surface area contributed by atoms with Crippen LogP contribution < -0.4 is 0 Å². The number of nitrogens with zero attached hydrogens (tertiary/aromatic N) is 2. The second kappa shape index (κ2) is 13.0. The molecule has 0 aromatic rings. The van der Waals surface area contributed by atoms with E-state index in [0.29, 0.717) is 25.7 Å². The highest BCUT2D eigenvalue weighted by atomic mass is 16.6. The zero-order valence-corrected chi connectivity index (χ0v) is 27.7. The Bertz CT molecular complexity index is 786. The van der Waals surface area contributed by atoms with Crippen molar-refractivity contribution in [2.75, 3.05) is 13.1 Å². The molecule has 6 nitrogen and oxygen atoms in total. The van der Waals surface area contributed by atoms with Crippen LogP contribution in [-0.4, -0.2) is 69.2 Å². The van der Waals surface area contributed by atoms with Gasteiger partial charge < -0.3 is 9.47 Å². The van der Waals surface area contributed by atoms with Gasteiger partial charge in [0.25, 0.3) is 0 Å². The van der Waals surface area contributed by atoms with Crippen molar-refractivity contribution in [3.63, 3.8) is 0 Å². The van der Waals surface area contributed by atoms with Crippen molar-refractivity contribution in [3.05, 3.63) is 0 Å². The van der Waals surface area contributed by atoms with Gasteiger partial charge in [-0.25, -0.2) is 0 Å². The number of hydrogen-bond donors (Lipinski definition) is 0. The van der Waals surface area contributed by atoms with E-state index >= 15 is 0 Å². The van der Waals surface area contributed by atoms with Crippen molar-refractivity contribution in [1.82, 2.24) is 9.80 Å². The molecule has 0 aromatic carbocycles. The highest BCUT2D eigenvalue weighted by Crippen LogP contribution is 2.45. The number of ether oxygens (including phenoxy) is 2. The first kappa shape index (κ1) is 33.4. The third kappa shape index (κ3) is 7.25. The number of likely N-dealkylation sites (tertiary alicyclic amines) is 2. The summed E-state index contributed by atoms with van der Waals surface area (Å²) >= 11 is 0. The van der Waals surface area contributed by atoms with Crippen molar-refractivity contribution in [2.45, 2.75) is 181 Å². The van der Waals surface area contributed by atoms with Crippen molar-refractivity contribution >= 4 is 11.9 Å². The van der Waals surface area contributed by atoms with Gasteiger partial charge in [0, 0.05) is 23.9 Å². The van der Waals surface area contributed by atoms with Crippen molar-refractivity contribution in [1.29, 1.82) is 0 Å².